The second-order valence-electron chi connectivity index (χ2n) is 5.65. The van der Waals surface area contributed by atoms with Crippen LogP contribution in [0.3, 0.4) is 0 Å². The Morgan fingerprint density at radius 1 is 1.28 bits per heavy atom. The van der Waals surface area contributed by atoms with Crippen LogP contribution in [0.5, 0.6) is 0 Å². The summed E-state index contributed by atoms with van der Waals surface area (Å²) in [6, 6.07) is 10.4. The fraction of sp³-hybridized carbons (Fsp3) is 0.625. The van der Waals surface area contributed by atoms with Gasteiger partial charge in [-0.15, -0.1) is 0 Å². The molecule has 18 heavy (non-hydrogen) atoms. The Labute approximate surface area is 111 Å². The minimum absolute atomic E-state index is 0.432. The molecular formula is C16H26N2. The molecule has 1 atom stereocenters. The number of rotatable bonds is 4. The Morgan fingerprint density at radius 3 is 2.61 bits per heavy atom. The smallest absolute Gasteiger partial charge is 0.0320 e. The molecule has 2 rings (SSSR count). The SMILES string of the molecule is CCC(NC1CCC(N)CC1)c1cccc(C)c1. The van der Waals surface area contributed by atoms with Gasteiger partial charge in [0.1, 0.15) is 0 Å². The Morgan fingerprint density at radius 2 is 2.00 bits per heavy atom. The van der Waals surface area contributed by atoms with E-state index in [2.05, 4.69) is 43.4 Å². The summed E-state index contributed by atoms with van der Waals surface area (Å²) in [6.45, 7) is 4.42. The predicted octanol–water partition coefficient (Wildman–Crippen LogP) is 3.31. The van der Waals surface area contributed by atoms with Gasteiger partial charge in [0, 0.05) is 18.1 Å². The molecule has 0 bridgehead atoms. The minimum Gasteiger partial charge on any atom is -0.328 e. The number of nitrogens with two attached hydrogens (primary N) is 1. The quantitative estimate of drug-likeness (QED) is 0.855. The van der Waals surface area contributed by atoms with Crippen molar-refractivity contribution in [3.05, 3.63) is 35.4 Å². The Hall–Kier alpha value is -0.860. The molecule has 1 unspecified atom stereocenters. The molecule has 100 valence electrons. The first-order valence-corrected chi connectivity index (χ1v) is 7.27. The van der Waals surface area contributed by atoms with Gasteiger partial charge in [-0.25, -0.2) is 0 Å². The van der Waals surface area contributed by atoms with Gasteiger partial charge in [-0.3, -0.25) is 0 Å². The van der Waals surface area contributed by atoms with Gasteiger partial charge in [0.25, 0.3) is 0 Å². The molecule has 0 aromatic heterocycles. The predicted molar refractivity (Wildman–Crippen MR) is 77.6 cm³/mol. The van der Waals surface area contributed by atoms with Crippen LogP contribution in [0.2, 0.25) is 0 Å². The van der Waals surface area contributed by atoms with Gasteiger partial charge in [-0.05, 0) is 44.6 Å². The van der Waals surface area contributed by atoms with E-state index in [0.29, 0.717) is 18.1 Å². The van der Waals surface area contributed by atoms with E-state index in [1.165, 1.54) is 36.8 Å². The molecule has 0 heterocycles. The van der Waals surface area contributed by atoms with Crippen molar-refractivity contribution in [2.24, 2.45) is 5.73 Å². The number of aryl methyl sites for hydroxylation is 1. The summed E-state index contributed by atoms with van der Waals surface area (Å²) in [5.41, 5.74) is 8.73. The molecule has 0 saturated heterocycles. The lowest BCUT2D eigenvalue weighted by Gasteiger charge is -2.31. The van der Waals surface area contributed by atoms with E-state index in [1.54, 1.807) is 0 Å². The highest BCUT2D eigenvalue weighted by Gasteiger charge is 2.21. The van der Waals surface area contributed by atoms with Crippen molar-refractivity contribution in [2.45, 2.75) is 64.1 Å². The third-order valence-electron chi connectivity index (χ3n) is 4.06. The summed E-state index contributed by atoms with van der Waals surface area (Å²) in [6.07, 6.45) is 5.93. The highest BCUT2D eigenvalue weighted by Crippen LogP contribution is 2.23. The topological polar surface area (TPSA) is 38.0 Å². The molecule has 2 heteroatoms. The van der Waals surface area contributed by atoms with Crippen LogP contribution in [-0.2, 0) is 0 Å². The van der Waals surface area contributed by atoms with Crippen LogP contribution >= 0.6 is 0 Å². The van der Waals surface area contributed by atoms with Gasteiger partial charge < -0.3 is 11.1 Å². The molecule has 0 amide bonds. The summed E-state index contributed by atoms with van der Waals surface area (Å²) in [5.74, 6) is 0. The fourth-order valence-electron chi connectivity index (χ4n) is 2.91. The van der Waals surface area contributed by atoms with Crippen molar-refractivity contribution < 1.29 is 0 Å². The van der Waals surface area contributed by atoms with Crippen molar-refractivity contribution in [3.8, 4) is 0 Å². The standard InChI is InChI=1S/C16H26N2/c1-3-16(13-6-4-5-12(2)11-13)18-15-9-7-14(17)8-10-15/h4-6,11,14-16,18H,3,7-10,17H2,1-2H3. The number of hydrogen-bond donors (Lipinski definition) is 2. The van der Waals surface area contributed by atoms with Crippen molar-refractivity contribution in [3.63, 3.8) is 0 Å². The average molecular weight is 246 g/mol. The van der Waals surface area contributed by atoms with Crippen molar-refractivity contribution in [2.75, 3.05) is 0 Å². The maximum atomic E-state index is 5.96. The first-order valence-electron chi connectivity index (χ1n) is 7.27. The lowest BCUT2D eigenvalue weighted by molar-refractivity contribution is 0.312. The van der Waals surface area contributed by atoms with Gasteiger partial charge >= 0.3 is 0 Å². The monoisotopic (exact) mass is 246 g/mol. The van der Waals surface area contributed by atoms with Crippen LogP contribution in [0.25, 0.3) is 0 Å². The summed E-state index contributed by atoms with van der Waals surface area (Å²) in [5, 5.41) is 3.81. The van der Waals surface area contributed by atoms with Gasteiger partial charge in [-0.1, -0.05) is 36.8 Å². The van der Waals surface area contributed by atoms with E-state index < -0.39 is 0 Å². The van der Waals surface area contributed by atoms with E-state index in [0.717, 1.165) is 6.42 Å². The lowest BCUT2D eigenvalue weighted by Crippen LogP contribution is -2.39. The first-order chi connectivity index (χ1) is 8.69. The van der Waals surface area contributed by atoms with Crippen LogP contribution in [-0.4, -0.2) is 12.1 Å². The zero-order valence-electron chi connectivity index (χ0n) is 11.7. The molecule has 0 spiro atoms. The zero-order chi connectivity index (χ0) is 13.0. The van der Waals surface area contributed by atoms with Crippen LogP contribution in [0, 0.1) is 6.92 Å². The molecule has 1 aromatic rings. The van der Waals surface area contributed by atoms with E-state index in [-0.39, 0.29) is 0 Å². The number of benzene rings is 1. The van der Waals surface area contributed by atoms with Crippen molar-refractivity contribution in [1.82, 2.24) is 5.32 Å². The molecular weight excluding hydrogens is 220 g/mol. The summed E-state index contributed by atoms with van der Waals surface area (Å²) in [4.78, 5) is 0. The molecule has 1 fully saturated rings. The number of nitrogens with one attached hydrogen (secondary N) is 1. The number of hydrogen-bond acceptors (Lipinski definition) is 2. The van der Waals surface area contributed by atoms with Crippen LogP contribution < -0.4 is 11.1 Å². The zero-order valence-corrected chi connectivity index (χ0v) is 11.7. The highest BCUT2D eigenvalue weighted by atomic mass is 15.0. The fourth-order valence-corrected chi connectivity index (χ4v) is 2.91. The van der Waals surface area contributed by atoms with Gasteiger partial charge in [0.15, 0.2) is 0 Å². The maximum Gasteiger partial charge on any atom is 0.0320 e. The molecule has 3 N–H and O–H groups in total. The molecule has 1 aliphatic rings. The normalized spacial score (nSPS) is 25.9. The van der Waals surface area contributed by atoms with E-state index >= 15 is 0 Å². The third-order valence-corrected chi connectivity index (χ3v) is 4.06. The van der Waals surface area contributed by atoms with Crippen LogP contribution in [0.4, 0.5) is 0 Å². The summed E-state index contributed by atoms with van der Waals surface area (Å²) < 4.78 is 0. The second-order valence-corrected chi connectivity index (χ2v) is 5.65. The van der Waals surface area contributed by atoms with Crippen LogP contribution in [0.15, 0.2) is 24.3 Å². The van der Waals surface area contributed by atoms with E-state index in [1.807, 2.05) is 0 Å². The summed E-state index contributed by atoms with van der Waals surface area (Å²) in [7, 11) is 0. The minimum atomic E-state index is 0.432. The molecule has 1 aliphatic carbocycles. The third kappa shape index (κ3) is 3.56. The average Bonchev–Trinajstić information content (AvgIpc) is 2.38. The van der Waals surface area contributed by atoms with Gasteiger partial charge in [-0.2, -0.15) is 0 Å². The maximum absolute atomic E-state index is 5.96. The van der Waals surface area contributed by atoms with Crippen molar-refractivity contribution in [1.29, 1.82) is 0 Å². The van der Waals surface area contributed by atoms with E-state index in [4.69, 9.17) is 5.73 Å². The van der Waals surface area contributed by atoms with Gasteiger partial charge in [0.05, 0.1) is 0 Å². The second kappa shape index (κ2) is 6.35. The van der Waals surface area contributed by atoms with Crippen molar-refractivity contribution >= 4 is 0 Å². The van der Waals surface area contributed by atoms with Gasteiger partial charge in [0.2, 0.25) is 0 Å². The summed E-state index contributed by atoms with van der Waals surface area (Å²) >= 11 is 0. The Balaban J connectivity index is 1.97. The first kappa shape index (κ1) is 13.6. The Kier molecular flexibility index (Phi) is 4.79. The molecule has 1 aromatic carbocycles. The molecule has 1 saturated carbocycles. The molecule has 0 aliphatic heterocycles. The lowest BCUT2D eigenvalue weighted by atomic mass is 9.90. The largest absolute Gasteiger partial charge is 0.328 e. The Bertz CT molecular complexity index is 367. The van der Waals surface area contributed by atoms with Crippen LogP contribution in [0.1, 0.15) is 56.2 Å². The highest BCUT2D eigenvalue weighted by molar-refractivity contribution is 5.25. The molecule has 2 nitrogen and oxygen atoms in total. The molecule has 0 radical (unpaired) electrons. The van der Waals surface area contributed by atoms with E-state index in [9.17, 15) is 0 Å².